The molecule has 0 saturated carbocycles. The molecule has 0 radical (unpaired) electrons. The van der Waals surface area contributed by atoms with Gasteiger partial charge in [-0.3, -0.25) is 0 Å². The van der Waals surface area contributed by atoms with Gasteiger partial charge in [0.05, 0.1) is 22.4 Å². The van der Waals surface area contributed by atoms with Crippen LogP contribution in [0.25, 0.3) is 10.9 Å². The molecule has 0 bridgehead atoms. The molecule has 3 N–H and O–H groups in total. The maximum Gasteiger partial charge on any atom is 0.416 e. The molecule has 0 fully saturated rings. The first-order valence-electron chi connectivity index (χ1n) is 11.7. The van der Waals surface area contributed by atoms with Crippen LogP contribution in [0.5, 0.6) is 5.75 Å². The van der Waals surface area contributed by atoms with Gasteiger partial charge >= 0.3 is 6.18 Å². The lowest BCUT2D eigenvalue weighted by molar-refractivity contribution is -0.137. The second-order valence-corrected chi connectivity index (χ2v) is 11.9. The number of alkyl halides is 3. The number of nitrogens with one attached hydrogen (secondary N) is 1. The molecular weight excluding hydrogens is 507 g/mol. The van der Waals surface area contributed by atoms with Gasteiger partial charge in [-0.05, 0) is 76.1 Å². The van der Waals surface area contributed by atoms with E-state index in [1.807, 2.05) is 13.0 Å². The molecular formula is C25H32F3N5O3S. The van der Waals surface area contributed by atoms with Gasteiger partial charge in [-0.1, -0.05) is 0 Å². The summed E-state index contributed by atoms with van der Waals surface area (Å²) in [5.41, 5.74) is 6.71. The first-order valence-corrected chi connectivity index (χ1v) is 13.2. The van der Waals surface area contributed by atoms with E-state index < -0.39 is 33.1 Å². The summed E-state index contributed by atoms with van der Waals surface area (Å²) in [6.07, 6.45) is -4.52. The maximum absolute atomic E-state index is 13.3. The van der Waals surface area contributed by atoms with Crippen molar-refractivity contribution in [3.05, 3.63) is 52.8 Å². The zero-order chi connectivity index (χ0) is 27.7. The summed E-state index contributed by atoms with van der Waals surface area (Å²) in [7, 11) is -1.89. The van der Waals surface area contributed by atoms with Gasteiger partial charge in [0, 0.05) is 24.7 Å². The SMILES string of the molecule is Cc1nc(N[C@H](C)c2cc(N)cc(C(F)(F)F)c2)c2cc(OCCN(C)S(=O)(=O)C(C)C)c(C)cc2n1. The summed E-state index contributed by atoms with van der Waals surface area (Å²) in [6, 6.07) is 6.47. The van der Waals surface area contributed by atoms with Crippen molar-refractivity contribution in [1.82, 2.24) is 14.3 Å². The molecule has 0 unspecified atom stereocenters. The fourth-order valence-electron chi connectivity index (χ4n) is 3.79. The van der Waals surface area contributed by atoms with Gasteiger partial charge in [0.15, 0.2) is 0 Å². The van der Waals surface area contributed by atoms with Crippen molar-refractivity contribution in [2.75, 3.05) is 31.2 Å². The Hall–Kier alpha value is -3.12. The predicted molar refractivity (Wildman–Crippen MR) is 139 cm³/mol. The lowest BCUT2D eigenvalue weighted by Gasteiger charge is -2.21. The number of nitrogen functional groups attached to an aromatic ring is 1. The monoisotopic (exact) mass is 539 g/mol. The Morgan fingerprint density at radius 2 is 1.76 bits per heavy atom. The molecule has 0 aliphatic heterocycles. The predicted octanol–water partition coefficient (Wildman–Crippen LogP) is 5.07. The molecule has 3 rings (SSSR count). The Labute approximate surface area is 215 Å². The highest BCUT2D eigenvalue weighted by atomic mass is 32.2. The van der Waals surface area contributed by atoms with Gasteiger partial charge in [0.2, 0.25) is 10.0 Å². The highest BCUT2D eigenvalue weighted by molar-refractivity contribution is 7.89. The highest BCUT2D eigenvalue weighted by Crippen LogP contribution is 2.35. The van der Waals surface area contributed by atoms with E-state index in [0.717, 1.165) is 17.7 Å². The number of benzene rings is 2. The van der Waals surface area contributed by atoms with E-state index in [2.05, 4.69) is 15.3 Å². The second kappa shape index (κ2) is 10.7. The lowest BCUT2D eigenvalue weighted by Crippen LogP contribution is -2.35. The van der Waals surface area contributed by atoms with Crippen LogP contribution in [-0.4, -0.2) is 48.1 Å². The van der Waals surface area contributed by atoms with Crippen molar-refractivity contribution < 1.29 is 26.3 Å². The number of aromatic nitrogens is 2. The number of aryl methyl sites for hydroxylation is 2. The minimum atomic E-state index is -4.52. The van der Waals surface area contributed by atoms with Crippen molar-refractivity contribution >= 4 is 32.4 Å². The fraction of sp³-hybridized carbons (Fsp3) is 0.440. The number of halogens is 3. The van der Waals surface area contributed by atoms with E-state index in [1.54, 1.807) is 33.8 Å². The lowest BCUT2D eigenvalue weighted by atomic mass is 10.0. The molecule has 1 heterocycles. The highest BCUT2D eigenvalue weighted by Gasteiger charge is 2.31. The summed E-state index contributed by atoms with van der Waals surface area (Å²) in [5.74, 6) is 1.43. The number of likely N-dealkylation sites (N-methyl/N-ethyl adjacent to an activating group) is 1. The van der Waals surface area contributed by atoms with Gasteiger partial charge < -0.3 is 15.8 Å². The number of sulfonamides is 1. The maximum atomic E-state index is 13.3. The zero-order valence-electron chi connectivity index (χ0n) is 21.6. The quantitative estimate of drug-likeness (QED) is 0.365. The van der Waals surface area contributed by atoms with Crippen LogP contribution in [0.3, 0.4) is 0 Å². The molecule has 0 saturated heterocycles. The van der Waals surface area contributed by atoms with Gasteiger partial charge in [0.25, 0.3) is 0 Å². The van der Waals surface area contributed by atoms with E-state index in [4.69, 9.17) is 10.5 Å². The number of nitrogens with two attached hydrogens (primary N) is 1. The zero-order valence-corrected chi connectivity index (χ0v) is 22.5. The van der Waals surface area contributed by atoms with Crippen molar-refractivity contribution in [1.29, 1.82) is 0 Å². The standard InChI is InChI=1S/C25H32F3N5O3S/c1-14(2)37(34,35)33(6)7-8-36-23-13-21-22(9-15(23)3)31-17(5)32-24(21)30-16(4)18-10-19(25(26,27)28)12-20(29)11-18/h9-14,16H,7-8,29H2,1-6H3,(H,30,31,32)/t16-/m1/s1. The summed E-state index contributed by atoms with van der Waals surface area (Å²) >= 11 is 0. The van der Waals surface area contributed by atoms with Crippen molar-refractivity contribution in [2.24, 2.45) is 0 Å². The number of rotatable bonds is 9. The minimum absolute atomic E-state index is 0.0120. The average molecular weight is 540 g/mol. The van der Waals surface area contributed by atoms with Crippen molar-refractivity contribution in [3.8, 4) is 5.75 Å². The topological polar surface area (TPSA) is 110 Å². The molecule has 2 aromatic carbocycles. The summed E-state index contributed by atoms with van der Waals surface area (Å²) in [5, 5.41) is 3.26. The summed E-state index contributed by atoms with van der Waals surface area (Å²) in [4.78, 5) is 8.95. The molecule has 8 nitrogen and oxygen atoms in total. The third-order valence-electron chi connectivity index (χ3n) is 5.96. The minimum Gasteiger partial charge on any atom is -0.492 e. The number of hydrogen-bond donors (Lipinski definition) is 2. The molecule has 3 aromatic rings. The summed E-state index contributed by atoms with van der Waals surface area (Å²) in [6.45, 7) is 8.82. The van der Waals surface area contributed by atoms with E-state index >= 15 is 0 Å². The Bertz CT molecular complexity index is 1390. The van der Waals surface area contributed by atoms with E-state index in [9.17, 15) is 21.6 Å². The fourth-order valence-corrected chi connectivity index (χ4v) is 4.84. The largest absolute Gasteiger partial charge is 0.492 e. The molecule has 0 amide bonds. The number of ether oxygens (including phenoxy) is 1. The van der Waals surface area contributed by atoms with Gasteiger partial charge in [-0.15, -0.1) is 0 Å². The number of anilines is 2. The number of nitrogens with zero attached hydrogens (tertiary/aromatic N) is 3. The number of hydrogen-bond acceptors (Lipinski definition) is 7. The smallest absolute Gasteiger partial charge is 0.416 e. The Balaban J connectivity index is 1.89. The first kappa shape index (κ1) is 28.5. The van der Waals surface area contributed by atoms with Crippen LogP contribution in [-0.2, 0) is 16.2 Å². The molecule has 0 aliphatic carbocycles. The Kier molecular flexibility index (Phi) is 8.23. The van der Waals surface area contributed by atoms with Crippen molar-refractivity contribution in [2.45, 2.75) is 52.1 Å². The third-order valence-corrected chi connectivity index (χ3v) is 8.20. The molecule has 37 heavy (non-hydrogen) atoms. The molecule has 0 spiro atoms. The van der Waals surface area contributed by atoms with Gasteiger partial charge in [-0.2, -0.15) is 13.2 Å². The molecule has 0 aliphatic rings. The Morgan fingerprint density at radius 1 is 1.08 bits per heavy atom. The van der Waals surface area contributed by atoms with E-state index in [-0.39, 0.29) is 18.8 Å². The van der Waals surface area contributed by atoms with Crippen LogP contribution in [0, 0.1) is 13.8 Å². The van der Waals surface area contributed by atoms with Crippen LogP contribution < -0.4 is 15.8 Å². The molecule has 1 aromatic heterocycles. The molecule has 1 atom stereocenters. The van der Waals surface area contributed by atoms with Crippen LogP contribution in [0.2, 0.25) is 0 Å². The van der Waals surface area contributed by atoms with E-state index in [0.29, 0.717) is 33.9 Å². The Morgan fingerprint density at radius 3 is 2.38 bits per heavy atom. The van der Waals surface area contributed by atoms with Crippen LogP contribution in [0.4, 0.5) is 24.7 Å². The second-order valence-electron chi connectivity index (χ2n) is 9.27. The van der Waals surface area contributed by atoms with E-state index in [1.165, 1.54) is 17.4 Å². The normalized spacial score (nSPS) is 13.4. The van der Waals surface area contributed by atoms with Crippen LogP contribution in [0.15, 0.2) is 30.3 Å². The summed E-state index contributed by atoms with van der Waals surface area (Å²) < 4.78 is 71.6. The number of fused-ring (bicyclic) bond motifs is 1. The molecule has 202 valence electrons. The van der Waals surface area contributed by atoms with Gasteiger partial charge in [-0.25, -0.2) is 22.7 Å². The van der Waals surface area contributed by atoms with Crippen LogP contribution in [0.1, 0.15) is 49.3 Å². The van der Waals surface area contributed by atoms with Crippen molar-refractivity contribution in [3.63, 3.8) is 0 Å². The third kappa shape index (κ3) is 6.61. The molecule has 12 heteroatoms. The average Bonchev–Trinajstić information content (AvgIpc) is 2.78. The van der Waals surface area contributed by atoms with Gasteiger partial charge in [0.1, 0.15) is 24.0 Å². The van der Waals surface area contributed by atoms with Crippen LogP contribution >= 0.6 is 0 Å². The first-order chi connectivity index (χ1) is 17.1.